The molecule has 1 unspecified atom stereocenters. The maximum absolute atomic E-state index is 12.4. The molecule has 0 radical (unpaired) electrons. The summed E-state index contributed by atoms with van der Waals surface area (Å²) in [6, 6.07) is 0. The van der Waals surface area contributed by atoms with Crippen molar-refractivity contribution in [2.24, 2.45) is 5.92 Å². The molecule has 0 bridgehead atoms. The molecular weight excluding hydrogens is 209 g/mol. The van der Waals surface area contributed by atoms with Crippen LogP contribution in [-0.2, 0) is 9.53 Å². The van der Waals surface area contributed by atoms with E-state index in [0.717, 1.165) is 0 Å². The molecule has 0 saturated carbocycles. The first kappa shape index (κ1) is 14.3. The number of esters is 1. The van der Waals surface area contributed by atoms with Crippen molar-refractivity contribution in [2.75, 3.05) is 0 Å². The highest BCUT2D eigenvalue weighted by molar-refractivity contribution is 5.73. The first-order valence-electron chi connectivity index (χ1n) is 4.87. The van der Waals surface area contributed by atoms with E-state index in [2.05, 4.69) is 0 Å². The van der Waals surface area contributed by atoms with Crippen LogP contribution in [0.3, 0.4) is 0 Å². The summed E-state index contributed by atoms with van der Waals surface area (Å²) >= 11 is 0. The molecule has 0 amide bonds. The Morgan fingerprint density at radius 2 is 1.73 bits per heavy atom. The van der Waals surface area contributed by atoms with E-state index >= 15 is 0 Å². The predicted molar refractivity (Wildman–Crippen MR) is 50.3 cm³/mol. The van der Waals surface area contributed by atoms with Crippen LogP contribution in [0.1, 0.15) is 40.5 Å². The van der Waals surface area contributed by atoms with Gasteiger partial charge in [-0.05, 0) is 27.2 Å². The second kappa shape index (κ2) is 4.86. The van der Waals surface area contributed by atoms with E-state index in [4.69, 9.17) is 4.74 Å². The van der Waals surface area contributed by atoms with Gasteiger partial charge in [-0.25, -0.2) is 0 Å². The van der Waals surface area contributed by atoms with Gasteiger partial charge < -0.3 is 4.74 Å². The molecule has 0 aromatic carbocycles. The number of rotatable bonds is 3. The summed E-state index contributed by atoms with van der Waals surface area (Å²) in [6.07, 6.45) is -4.44. The van der Waals surface area contributed by atoms with E-state index < -0.39 is 23.7 Å². The summed E-state index contributed by atoms with van der Waals surface area (Å²) in [4.78, 5) is 11.3. The summed E-state index contributed by atoms with van der Waals surface area (Å²) in [6.45, 7) is 6.24. The molecule has 0 saturated heterocycles. The van der Waals surface area contributed by atoms with Crippen molar-refractivity contribution >= 4 is 5.97 Å². The Kier molecular flexibility index (Phi) is 4.62. The van der Waals surface area contributed by atoms with Crippen molar-refractivity contribution in [3.63, 3.8) is 0 Å². The van der Waals surface area contributed by atoms with Crippen LogP contribution in [-0.4, -0.2) is 17.7 Å². The van der Waals surface area contributed by atoms with Crippen molar-refractivity contribution in [3.8, 4) is 0 Å². The Balaban J connectivity index is 4.58. The zero-order valence-corrected chi connectivity index (χ0v) is 9.44. The molecule has 0 fully saturated rings. The van der Waals surface area contributed by atoms with Gasteiger partial charge in [0.15, 0.2) is 5.92 Å². The maximum atomic E-state index is 12.4. The summed E-state index contributed by atoms with van der Waals surface area (Å²) in [5.41, 5.74) is -0.881. The summed E-state index contributed by atoms with van der Waals surface area (Å²) in [7, 11) is 0. The monoisotopic (exact) mass is 226 g/mol. The molecule has 15 heavy (non-hydrogen) atoms. The molecule has 0 aromatic heterocycles. The van der Waals surface area contributed by atoms with Gasteiger partial charge in [-0.15, -0.1) is 0 Å². The van der Waals surface area contributed by atoms with E-state index in [0.29, 0.717) is 6.42 Å². The quantitative estimate of drug-likeness (QED) is 0.690. The van der Waals surface area contributed by atoms with E-state index in [1.165, 1.54) is 0 Å². The number of halogens is 3. The lowest BCUT2D eigenvalue weighted by atomic mass is 10.0. The van der Waals surface area contributed by atoms with Crippen LogP contribution in [0.5, 0.6) is 0 Å². The largest absolute Gasteiger partial charge is 0.459 e. The fourth-order valence-electron chi connectivity index (χ4n) is 1.08. The number of carbonyl (C=O) groups excluding carboxylic acids is 1. The Bertz CT molecular complexity index is 216. The zero-order valence-electron chi connectivity index (χ0n) is 9.44. The summed E-state index contributed by atoms with van der Waals surface area (Å²) in [5.74, 6) is -3.18. The molecular formula is C10H17F3O2. The van der Waals surface area contributed by atoms with Gasteiger partial charge in [0.1, 0.15) is 5.60 Å². The van der Waals surface area contributed by atoms with Gasteiger partial charge in [0.05, 0.1) is 0 Å². The first-order chi connectivity index (χ1) is 6.58. The van der Waals surface area contributed by atoms with Gasteiger partial charge in [0, 0.05) is 0 Å². The van der Waals surface area contributed by atoms with E-state index in [-0.39, 0.29) is 6.42 Å². The van der Waals surface area contributed by atoms with Gasteiger partial charge in [-0.1, -0.05) is 13.3 Å². The van der Waals surface area contributed by atoms with Gasteiger partial charge in [0.25, 0.3) is 0 Å². The highest BCUT2D eigenvalue weighted by Crippen LogP contribution is 2.31. The smallest absolute Gasteiger partial charge is 0.402 e. The third-order valence-electron chi connectivity index (χ3n) is 1.66. The Hall–Kier alpha value is -0.740. The Morgan fingerprint density at radius 1 is 1.27 bits per heavy atom. The van der Waals surface area contributed by atoms with Crippen molar-refractivity contribution in [3.05, 3.63) is 0 Å². The van der Waals surface area contributed by atoms with Crippen LogP contribution in [0.4, 0.5) is 13.2 Å². The number of hydrogen-bond donors (Lipinski definition) is 0. The molecule has 0 N–H and O–H groups in total. The standard InChI is InChI=1S/C10H17F3O2/c1-5-6-7(10(11,12)13)8(14)15-9(2,3)4/h7H,5-6H2,1-4H3. The molecule has 0 heterocycles. The average Bonchev–Trinajstić information content (AvgIpc) is 1.93. The lowest BCUT2D eigenvalue weighted by molar-refractivity contribution is -0.205. The summed E-state index contributed by atoms with van der Waals surface area (Å²) < 4.78 is 42.0. The molecule has 90 valence electrons. The Morgan fingerprint density at radius 3 is 2.00 bits per heavy atom. The van der Waals surface area contributed by atoms with E-state index in [9.17, 15) is 18.0 Å². The third kappa shape index (κ3) is 5.64. The number of hydrogen-bond acceptors (Lipinski definition) is 2. The second-order valence-electron chi connectivity index (χ2n) is 4.42. The van der Waals surface area contributed by atoms with E-state index in [1.807, 2.05) is 0 Å². The lowest BCUT2D eigenvalue weighted by Crippen LogP contribution is -2.36. The van der Waals surface area contributed by atoms with Crippen LogP contribution < -0.4 is 0 Å². The minimum atomic E-state index is -4.52. The van der Waals surface area contributed by atoms with E-state index in [1.54, 1.807) is 27.7 Å². The molecule has 1 atom stereocenters. The average molecular weight is 226 g/mol. The normalized spacial score (nSPS) is 14.9. The molecule has 2 nitrogen and oxygen atoms in total. The minimum absolute atomic E-state index is 0.224. The van der Waals surface area contributed by atoms with Gasteiger partial charge in [-0.3, -0.25) is 4.79 Å². The fraction of sp³-hybridized carbons (Fsp3) is 0.900. The molecule has 0 aliphatic heterocycles. The molecule has 5 heteroatoms. The molecule has 0 aliphatic rings. The number of alkyl halides is 3. The van der Waals surface area contributed by atoms with Crippen LogP contribution in [0.2, 0.25) is 0 Å². The van der Waals surface area contributed by atoms with Crippen LogP contribution in [0.25, 0.3) is 0 Å². The van der Waals surface area contributed by atoms with Crippen LogP contribution in [0, 0.1) is 5.92 Å². The topological polar surface area (TPSA) is 26.3 Å². The van der Waals surface area contributed by atoms with Crippen molar-refractivity contribution in [2.45, 2.75) is 52.3 Å². The van der Waals surface area contributed by atoms with Crippen molar-refractivity contribution in [1.29, 1.82) is 0 Å². The van der Waals surface area contributed by atoms with Crippen LogP contribution >= 0.6 is 0 Å². The highest BCUT2D eigenvalue weighted by Gasteiger charge is 2.46. The minimum Gasteiger partial charge on any atom is -0.459 e. The predicted octanol–water partition coefficient (Wildman–Crippen LogP) is 3.31. The second-order valence-corrected chi connectivity index (χ2v) is 4.42. The van der Waals surface area contributed by atoms with Crippen LogP contribution in [0.15, 0.2) is 0 Å². The highest BCUT2D eigenvalue weighted by atomic mass is 19.4. The zero-order chi connectivity index (χ0) is 12.3. The lowest BCUT2D eigenvalue weighted by Gasteiger charge is -2.24. The first-order valence-corrected chi connectivity index (χ1v) is 4.87. The summed E-state index contributed by atoms with van der Waals surface area (Å²) in [5, 5.41) is 0. The maximum Gasteiger partial charge on any atom is 0.402 e. The van der Waals surface area contributed by atoms with Gasteiger partial charge >= 0.3 is 12.1 Å². The van der Waals surface area contributed by atoms with Gasteiger partial charge in [0.2, 0.25) is 0 Å². The molecule has 0 rings (SSSR count). The number of ether oxygens (including phenoxy) is 1. The molecule has 0 spiro atoms. The molecule has 0 aromatic rings. The van der Waals surface area contributed by atoms with Crippen molar-refractivity contribution in [1.82, 2.24) is 0 Å². The fourth-order valence-corrected chi connectivity index (χ4v) is 1.08. The Labute approximate surface area is 87.8 Å². The SMILES string of the molecule is CCCC(C(=O)OC(C)(C)C)C(F)(F)F. The third-order valence-corrected chi connectivity index (χ3v) is 1.66. The number of carbonyl (C=O) groups is 1. The molecule has 0 aliphatic carbocycles. The van der Waals surface area contributed by atoms with Gasteiger partial charge in [-0.2, -0.15) is 13.2 Å². The van der Waals surface area contributed by atoms with Crippen molar-refractivity contribution < 1.29 is 22.7 Å².